The molecule has 8 nitrogen and oxygen atoms in total. The van der Waals surface area contributed by atoms with Gasteiger partial charge in [-0.1, -0.05) is 36.0 Å². The van der Waals surface area contributed by atoms with Gasteiger partial charge in [0.05, 0.1) is 18.4 Å². The number of thioether (sulfide) groups is 1. The Labute approximate surface area is 137 Å². The lowest BCUT2D eigenvalue weighted by Gasteiger charge is -2.07. The van der Waals surface area contributed by atoms with Gasteiger partial charge in [0.1, 0.15) is 5.75 Å². The maximum absolute atomic E-state index is 6.10. The number of para-hydroxylation sites is 1. The number of aryl methyl sites for hydroxylation is 1. The van der Waals surface area contributed by atoms with Gasteiger partial charge >= 0.3 is 0 Å². The summed E-state index contributed by atoms with van der Waals surface area (Å²) >= 11 is 1.38. The van der Waals surface area contributed by atoms with Crippen LogP contribution in [0, 0.1) is 0 Å². The summed E-state index contributed by atoms with van der Waals surface area (Å²) < 4.78 is 11.9. The van der Waals surface area contributed by atoms with Crippen LogP contribution in [0.3, 0.4) is 0 Å². The number of nitrogen functional groups attached to an aromatic ring is 1. The molecule has 0 aliphatic carbocycles. The molecular weight excluding hydrogens is 316 g/mol. The minimum absolute atomic E-state index is 0.480. The van der Waals surface area contributed by atoms with Gasteiger partial charge in [0.25, 0.3) is 0 Å². The van der Waals surface area contributed by atoms with Gasteiger partial charge < -0.3 is 15.1 Å². The van der Waals surface area contributed by atoms with E-state index in [1.165, 1.54) is 16.4 Å². The van der Waals surface area contributed by atoms with Gasteiger partial charge in [-0.15, -0.1) is 10.2 Å². The van der Waals surface area contributed by atoms with Gasteiger partial charge in [-0.25, -0.2) is 4.68 Å². The number of rotatable bonds is 6. The highest BCUT2D eigenvalue weighted by Gasteiger charge is 2.16. The van der Waals surface area contributed by atoms with Crippen LogP contribution in [-0.4, -0.2) is 32.1 Å². The van der Waals surface area contributed by atoms with Crippen LogP contribution in [0.5, 0.6) is 5.75 Å². The van der Waals surface area contributed by atoms with E-state index < -0.39 is 0 Å². The van der Waals surface area contributed by atoms with Gasteiger partial charge in [-0.2, -0.15) is 4.98 Å². The molecule has 0 saturated carbocycles. The molecule has 1 aromatic carbocycles. The van der Waals surface area contributed by atoms with E-state index in [0.29, 0.717) is 34.2 Å². The number of methoxy groups -OCH3 is 1. The number of aromatic nitrogens is 5. The SMILES string of the molecule is CCc1noc(CSc2nnc(-c3ccccc3OC)n2N)n1. The van der Waals surface area contributed by atoms with Crippen LogP contribution >= 0.6 is 11.8 Å². The maximum Gasteiger partial charge on any atom is 0.237 e. The van der Waals surface area contributed by atoms with E-state index in [2.05, 4.69) is 20.3 Å². The quantitative estimate of drug-likeness (QED) is 0.539. The van der Waals surface area contributed by atoms with Crippen molar-refractivity contribution in [3.63, 3.8) is 0 Å². The summed E-state index contributed by atoms with van der Waals surface area (Å²) in [6, 6.07) is 7.51. The van der Waals surface area contributed by atoms with E-state index in [-0.39, 0.29) is 0 Å². The van der Waals surface area contributed by atoms with E-state index in [1.54, 1.807) is 7.11 Å². The first-order valence-corrected chi connectivity index (χ1v) is 7.99. The minimum atomic E-state index is 0.480. The van der Waals surface area contributed by atoms with Gasteiger partial charge in [0.15, 0.2) is 11.6 Å². The lowest BCUT2D eigenvalue weighted by Crippen LogP contribution is -2.12. The van der Waals surface area contributed by atoms with Crippen LogP contribution in [0.25, 0.3) is 11.4 Å². The largest absolute Gasteiger partial charge is 0.496 e. The fourth-order valence-corrected chi connectivity index (χ4v) is 2.70. The summed E-state index contributed by atoms with van der Waals surface area (Å²) in [5, 5.41) is 12.7. The molecule has 0 radical (unpaired) electrons. The topological polar surface area (TPSA) is 105 Å². The summed E-state index contributed by atoms with van der Waals surface area (Å²) in [4.78, 5) is 4.25. The molecule has 0 amide bonds. The fourth-order valence-electron chi connectivity index (χ4n) is 2.01. The predicted octanol–water partition coefficient (Wildman–Crippen LogP) is 1.91. The van der Waals surface area contributed by atoms with Crippen LogP contribution in [0.4, 0.5) is 0 Å². The van der Waals surface area contributed by atoms with Crippen molar-refractivity contribution in [3.8, 4) is 17.1 Å². The molecule has 0 unspecified atom stereocenters. The lowest BCUT2D eigenvalue weighted by molar-refractivity contribution is 0.385. The molecule has 120 valence electrons. The lowest BCUT2D eigenvalue weighted by atomic mass is 10.2. The van der Waals surface area contributed by atoms with Crippen molar-refractivity contribution in [1.29, 1.82) is 0 Å². The Morgan fingerprint density at radius 1 is 1.30 bits per heavy atom. The molecule has 2 N–H and O–H groups in total. The Hall–Kier alpha value is -2.55. The van der Waals surface area contributed by atoms with E-state index in [9.17, 15) is 0 Å². The molecule has 0 saturated heterocycles. The zero-order chi connectivity index (χ0) is 16.2. The van der Waals surface area contributed by atoms with E-state index in [4.69, 9.17) is 15.1 Å². The monoisotopic (exact) mass is 332 g/mol. The predicted molar refractivity (Wildman–Crippen MR) is 85.4 cm³/mol. The van der Waals surface area contributed by atoms with Crippen molar-refractivity contribution in [2.45, 2.75) is 24.3 Å². The second kappa shape index (κ2) is 6.69. The zero-order valence-corrected chi connectivity index (χ0v) is 13.6. The molecule has 0 aliphatic rings. The number of hydrogen-bond acceptors (Lipinski definition) is 8. The van der Waals surface area contributed by atoms with Crippen LogP contribution in [-0.2, 0) is 12.2 Å². The molecule has 9 heteroatoms. The summed E-state index contributed by atoms with van der Waals surface area (Å²) in [7, 11) is 1.60. The molecule has 0 atom stereocenters. The zero-order valence-electron chi connectivity index (χ0n) is 12.8. The third-order valence-corrected chi connectivity index (χ3v) is 4.09. The average molecular weight is 332 g/mol. The van der Waals surface area contributed by atoms with Gasteiger partial charge in [0, 0.05) is 6.42 Å². The highest BCUT2D eigenvalue weighted by molar-refractivity contribution is 7.98. The second-order valence-electron chi connectivity index (χ2n) is 4.62. The molecule has 0 aliphatic heterocycles. The number of ether oxygens (including phenoxy) is 1. The summed E-state index contributed by atoms with van der Waals surface area (Å²) in [6.07, 6.45) is 0.735. The van der Waals surface area contributed by atoms with E-state index in [0.717, 1.165) is 12.0 Å². The van der Waals surface area contributed by atoms with Crippen molar-refractivity contribution in [2.75, 3.05) is 13.0 Å². The Balaban J connectivity index is 1.79. The molecule has 0 fully saturated rings. The molecule has 2 heterocycles. The first-order chi connectivity index (χ1) is 11.2. The molecule has 0 bridgehead atoms. The molecule has 0 spiro atoms. The number of nitrogens with zero attached hydrogens (tertiary/aromatic N) is 5. The van der Waals surface area contributed by atoms with Gasteiger partial charge in [-0.05, 0) is 12.1 Å². The van der Waals surface area contributed by atoms with E-state index in [1.807, 2.05) is 31.2 Å². The third-order valence-electron chi connectivity index (χ3n) is 3.16. The molecule has 23 heavy (non-hydrogen) atoms. The van der Waals surface area contributed by atoms with Crippen molar-refractivity contribution in [2.24, 2.45) is 0 Å². The number of hydrogen-bond donors (Lipinski definition) is 1. The molecular formula is C14H16N6O2S. The summed E-state index contributed by atoms with van der Waals surface area (Å²) in [5.41, 5.74) is 0.780. The molecule has 2 aromatic heterocycles. The number of benzene rings is 1. The first-order valence-electron chi connectivity index (χ1n) is 7.01. The van der Waals surface area contributed by atoms with E-state index >= 15 is 0 Å². The highest BCUT2D eigenvalue weighted by Crippen LogP contribution is 2.29. The van der Waals surface area contributed by atoms with Crippen LogP contribution in [0.2, 0.25) is 0 Å². The Morgan fingerprint density at radius 2 is 2.13 bits per heavy atom. The maximum atomic E-state index is 6.10. The van der Waals surface area contributed by atoms with Crippen molar-refractivity contribution in [3.05, 3.63) is 36.0 Å². The normalized spacial score (nSPS) is 10.9. The average Bonchev–Trinajstić information content (AvgIpc) is 3.19. The highest BCUT2D eigenvalue weighted by atomic mass is 32.2. The molecule has 3 aromatic rings. The van der Waals surface area contributed by atoms with Crippen molar-refractivity contribution in [1.82, 2.24) is 25.0 Å². The number of nitrogens with two attached hydrogens (primary N) is 1. The summed E-state index contributed by atoms with van der Waals surface area (Å²) in [6.45, 7) is 1.97. The Morgan fingerprint density at radius 3 is 2.87 bits per heavy atom. The Bertz CT molecular complexity index is 800. The van der Waals surface area contributed by atoms with Gasteiger partial charge in [0.2, 0.25) is 11.0 Å². The van der Waals surface area contributed by atoms with Crippen molar-refractivity contribution >= 4 is 11.8 Å². The third kappa shape index (κ3) is 3.14. The fraction of sp³-hybridized carbons (Fsp3) is 0.286. The smallest absolute Gasteiger partial charge is 0.237 e. The summed E-state index contributed by atoms with van der Waals surface area (Å²) in [5.74, 6) is 9.02. The van der Waals surface area contributed by atoms with Crippen LogP contribution in [0.1, 0.15) is 18.6 Å². The van der Waals surface area contributed by atoms with Gasteiger partial charge in [-0.3, -0.25) is 0 Å². The minimum Gasteiger partial charge on any atom is -0.496 e. The molecule has 3 rings (SSSR count). The van der Waals surface area contributed by atoms with Crippen LogP contribution in [0.15, 0.2) is 33.9 Å². The Kier molecular flexibility index (Phi) is 4.47. The van der Waals surface area contributed by atoms with Crippen LogP contribution < -0.4 is 10.6 Å². The second-order valence-corrected chi connectivity index (χ2v) is 5.57. The van der Waals surface area contributed by atoms with Crippen molar-refractivity contribution < 1.29 is 9.26 Å². The first kappa shape index (κ1) is 15.3. The standard InChI is InChI=1S/C14H16N6O2S/c1-3-11-16-12(22-19-11)8-23-14-18-17-13(20(14)15)9-6-4-5-7-10(9)21-2/h4-7H,3,8,15H2,1-2H3.